The van der Waals surface area contributed by atoms with E-state index in [1.807, 2.05) is 42.5 Å². The van der Waals surface area contributed by atoms with Gasteiger partial charge in [-0.3, -0.25) is 0 Å². The minimum atomic E-state index is -0.0660. The van der Waals surface area contributed by atoms with E-state index in [2.05, 4.69) is 0 Å². The maximum atomic E-state index is 6.23. The fourth-order valence-electron chi connectivity index (χ4n) is 2.22. The SMILES string of the molecule is COc1ccccc1CC(N)Cc1c(Cl)cccc1Cl. The summed E-state index contributed by atoms with van der Waals surface area (Å²) in [6.07, 6.45) is 1.35. The Morgan fingerprint density at radius 1 is 1.00 bits per heavy atom. The number of rotatable bonds is 5. The van der Waals surface area contributed by atoms with Crippen molar-refractivity contribution in [2.75, 3.05) is 7.11 Å². The second-order valence-electron chi connectivity index (χ2n) is 4.68. The zero-order valence-electron chi connectivity index (χ0n) is 11.3. The third-order valence-electron chi connectivity index (χ3n) is 3.20. The minimum absolute atomic E-state index is 0.0660. The van der Waals surface area contributed by atoms with Crippen LogP contribution >= 0.6 is 23.2 Å². The predicted molar refractivity (Wildman–Crippen MR) is 84.8 cm³/mol. The average Bonchev–Trinajstić information content (AvgIpc) is 2.44. The molecule has 2 aromatic rings. The largest absolute Gasteiger partial charge is 0.496 e. The van der Waals surface area contributed by atoms with Crippen molar-refractivity contribution >= 4 is 23.2 Å². The Hall–Kier alpha value is -1.22. The van der Waals surface area contributed by atoms with E-state index in [-0.39, 0.29) is 6.04 Å². The first kappa shape index (κ1) is 15.2. The second kappa shape index (κ2) is 6.98. The molecule has 1 unspecified atom stereocenters. The Morgan fingerprint density at radius 2 is 1.65 bits per heavy atom. The lowest BCUT2D eigenvalue weighted by atomic mass is 9.99. The van der Waals surface area contributed by atoms with Crippen LogP contribution in [0.3, 0.4) is 0 Å². The minimum Gasteiger partial charge on any atom is -0.496 e. The van der Waals surface area contributed by atoms with Gasteiger partial charge in [-0.15, -0.1) is 0 Å². The first-order valence-electron chi connectivity index (χ1n) is 6.42. The molecule has 20 heavy (non-hydrogen) atoms. The van der Waals surface area contributed by atoms with E-state index in [0.29, 0.717) is 22.9 Å². The molecular weight excluding hydrogens is 293 g/mol. The van der Waals surface area contributed by atoms with Crippen molar-refractivity contribution in [2.24, 2.45) is 5.73 Å². The van der Waals surface area contributed by atoms with E-state index in [1.54, 1.807) is 7.11 Å². The molecule has 0 fully saturated rings. The lowest BCUT2D eigenvalue weighted by Crippen LogP contribution is -2.26. The van der Waals surface area contributed by atoms with E-state index >= 15 is 0 Å². The number of ether oxygens (including phenoxy) is 1. The Balaban J connectivity index is 2.11. The highest BCUT2D eigenvalue weighted by Gasteiger charge is 2.13. The molecule has 2 N–H and O–H groups in total. The highest BCUT2D eigenvalue weighted by molar-refractivity contribution is 6.36. The van der Waals surface area contributed by atoms with Crippen LogP contribution < -0.4 is 10.5 Å². The molecule has 2 nitrogen and oxygen atoms in total. The molecule has 4 heteroatoms. The quantitative estimate of drug-likeness (QED) is 0.902. The highest BCUT2D eigenvalue weighted by atomic mass is 35.5. The van der Waals surface area contributed by atoms with Gasteiger partial charge in [-0.05, 0) is 42.2 Å². The maximum Gasteiger partial charge on any atom is 0.122 e. The van der Waals surface area contributed by atoms with Crippen LogP contribution in [0.15, 0.2) is 42.5 Å². The number of hydrogen-bond acceptors (Lipinski definition) is 2. The summed E-state index contributed by atoms with van der Waals surface area (Å²) < 4.78 is 5.34. The molecule has 0 aliphatic heterocycles. The monoisotopic (exact) mass is 309 g/mol. The molecule has 0 saturated heterocycles. The van der Waals surface area contributed by atoms with Gasteiger partial charge in [-0.25, -0.2) is 0 Å². The molecule has 0 radical (unpaired) electrons. The number of methoxy groups -OCH3 is 1. The Kier molecular flexibility index (Phi) is 5.30. The normalized spacial score (nSPS) is 12.2. The van der Waals surface area contributed by atoms with E-state index in [1.165, 1.54) is 0 Å². The number of benzene rings is 2. The Labute approximate surface area is 129 Å². The summed E-state index contributed by atoms with van der Waals surface area (Å²) in [5, 5.41) is 1.32. The topological polar surface area (TPSA) is 35.2 Å². The molecule has 2 aromatic carbocycles. The molecule has 0 spiro atoms. The van der Waals surface area contributed by atoms with E-state index in [9.17, 15) is 0 Å². The van der Waals surface area contributed by atoms with Gasteiger partial charge in [0, 0.05) is 16.1 Å². The van der Waals surface area contributed by atoms with Crippen molar-refractivity contribution in [3.05, 3.63) is 63.6 Å². The third-order valence-corrected chi connectivity index (χ3v) is 3.91. The lowest BCUT2D eigenvalue weighted by molar-refractivity contribution is 0.408. The third kappa shape index (κ3) is 3.66. The van der Waals surface area contributed by atoms with Crippen LogP contribution in [-0.4, -0.2) is 13.2 Å². The van der Waals surface area contributed by atoms with Gasteiger partial charge >= 0.3 is 0 Å². The van der Waals surface area contributed by atoms with Crippen molar-refractivity contribution in [2.45, 2.75) is 18.9 Å². The Bertz CT molecular complexity index is 566. The summed E-state index contributed by atoms with van der Waals surface area (Å²) in [5.41, 5.74) is 8.22. The van der Waals surface area contributed by atoms with Gasteiger partial charge < -0.3 is 10.5 Å². The molecule has 0 aliphatic carbocycles. The molecular formula is C16H17Cl2NO. The molecule has 1 atom stereocenters. The van der Waals surface area contributed by atoms with Gasteiger partial charge in [0.1, 0.15) is 5.75 Å². The number of hydrogen-bond donors (Lipinski definition) is 1. The average molecular weight is 310 g/mol. The predicted octanol–water partition coefficient (Wildman–Crippen LogP) is 4.11. The second-order valence-corrected chi connectivity index (χ2v) is 5.49. The van der Waals surface area contributed by atoms with Gasteiger partial charge in [-0.2, -0.15) is 0 Å². The van der Waals surface area contributed by atoms with Gasteiger partial charge in [0.25, 0.3) is 0 Å². The molecule has 0 aliphatic rings. The van der Waals surface area contributed by atoms with Crippen LogP contribution in [0.2, 0.25) is 10.0 Å². The Morgan fingerprint density at radius 3 is 2.30 bits per heavy atom. The van der Waals surface area contributed by atoms with E-state index in [0.717, 1.165) is 16.9 Å². The summed E-state index contributed by atoms with van der Waals surface area (Å²) >= 11 is 12.3. The molecule has 0 heterocycles. The summed E-state index contributed by atoms with van der Waals surface area (Å²) in [6, 6.07) is 13.3. The highest BCUT2D eigenvalue weighted by Crippen LogP contribution is 2.26. The van der Waals surface area contributed by atoms with Crippen LogP contribution in [0.5, 0.6) is 5.75 Å². The summed E-state index contributed by atoms with van der Waals surface area (Å²) in [6.45, 7) is 0. The van der Waals surface area contributed by atoms with E-state index < -0.39 is 0 Å². The molecule has 2 rings (SSSR count). The smallest absolute Gasteiger partial charge is 0.122 e. The van der Waals surface area contributed by atoms with Crippen LogP contribution in [0, 0.1) is 0 Å². The molecule has 0 aromatic heterocycles. The first-order valence-corrected chi connectivity index (χ1v) is 7.17. The number of para-hydroxylation sites is 1. The molecule has 106 valence electrons. The number of halogens is 2. The first-order chi connectivity index (χ1) is 9.61. The van der Waals surface area contributed by atoms with Crippen molar-refractivity contribution in [3.63, 3.8) is 0 Å². The van der Waals surface area contributed by atoms with Gasteiger partial charge in [0.15, 0.2) is 0 Å². The van der Waals surface area contributed by atoms with Crippen molar-refractivity contribution < 1.29 is 4.74 Å². The van der Waals surface area contributed by atoms with Crippen LogP contribution in [0.25, 0.3) is 0 Å². The van der Waals surface area contributed by atoms with Gasteiger partial charge in [0.2, 0.25) is 0 Å². The molecule has 0 bridgehead atoms. The van der Waals surface area contributed by atoms with Crippen molar-refractivity contribution in [1.82, 2.24) is 0 Å². The summed E-state index contributed by atoms with van der Waals surface area (Å²) in [4.78, 5) is 0. The summed E-state index contributed by atoms with van der Waals surface area (Å²) in [5.74, 6) is 0.855. The van der Waals surface area contributed by atoms with Crippen LogP contribution in [0.1, 0.15) is 11.1 Å². The van der Waals surface area contributed by atoms with Crippen LogP contribution in [-0.2, 0) is 12.8 Å². The van der Waals surface area contributed by atoms with Gasteiger partial charge in [0.05, 0.1) is 7.11 Å². The molecule has 0 amide bonds. The van der Waals surface area contributed by atoms with E-state index in [4.69, 9.17) is 33.7 Å². The maximum absolute atomic E-state index is 6.23. The number of nitrogens with two attached hydrogens (primary N) is 1. The van der Waals surface area contributed by atoms with Crippen molar-refractivity contribution in [3.8, 4) is 5.75 Å². The summed E-state index contributed by atoms with van der Waals surface area (Å²) in [7, 11) is 1.66. The van der Waals surface area contributed by atoms with Crippen molar-refractivity contribution in [1.29, 1.82) is 0 Å². The zero-order chi connectivity index (χ0) is 14.5. The fraction of sp³-hybridized carbons (Fsp3) is 0.250. The fourth-order valence-corrected chi connectivity index (χ4v) is 2.77. The van der Waals surface area contributed by atoms with Crippen LogP contribution in [0.4, 0.5) is 0 Å². The lowest BCUT2D eigenvalue weighted by Gasteiger charge is -2.16. The van der Waals surface area contributed by atoms with Gasteiger partial charge in [-0.1, -0.05) is 47.5 Å². The standard InChI is InChI=1S/C16H17Cl2NO/c1-20-16-8-3-2-5-11(16)9-12(19)10-13-14(17)6-4-7-15(13)18/h2-8,12H,9-10,19H2,1H3. The zero-order valence-corrected chi connectivity index (χ0v) is 12.8. The molecule has 0 saturated carbocycles.